The Bertz CT molecular complexity index is 525. The molecular formula is C12H15BrCl2N2O3S. The molecule has 2 aliphatic rings. The van der Waals surface area contributed by atoms with Gasteiger partial charge >= 0.3 is 5.97 Å². The van der Waals surface area contributed by atoms with Crippen LogP contribution in [0.2, 0.25) is 0 Å². The Morgan fingerprint density at radius 1 is 1.67 bits per heavy atom. The van der Waals surface area contributed by atoms with Crippen LogP contribution in [0, 0.1) is 0 Å². The van der Waals surface area contributed by atoms with E-state index in [9.17, 15) is 14.7 Å². The number of aliphatic carboxylic acids is 1. The summed E-state index contributed by atoms with van der Waals surface area (Å²) in [5.41, 5.74) is 1.41. The molecule has 21 heavy (non-hydrogen) atoms. The number of fused-ring (bicyclic) bond motifs is 1. The van der Waals surface area contributed by atoms with E-state index < -0.39 is 16.3 Å². The molecule has 9 heteroatoms. The van der Waals surface area contributed by atoms with Crippen LogP contribution in [-0.2, 0) is 9.59 Å². The normalized spacial score (nSPS) is 26.8. The number of hydrogen-bond acceptors (Lipinski definition) is 4. The number of alkyl halides is 2. The highest BCUT2D eigenvalue weighted by molar-refractivity contribution is 9.10. The largest absolute Gasteiger partial charge is 0.477 e. The maximum Gasteiger partial charge on any atom is 0.352 e. The quantitative estimate of drug-likeness (QED) is 0.433. The number of thioether (sulfide) groups is 1. The van der Waals surface area contributed by atoms with Crippen molar-refractivity contribution in [3.05, 3.63) is 11.3 Å². The molecule has 1 fully saturated rings. The van der Waals surface area contributed by atoms with E-state index in [1.165, 1.54) is 16.7 Å². The highest BCUT2D eigenvalue weighted by atomic mass is 79.9. The zero-order chi connectivity index (χ0) is 15.0. The molecule has 2 heterocycles. The lowest BCUT2D eigenvalue weighted by Gasteiger charge is -2.48. The number of rotatable bonds is 4. The Labute approximate surface area is 146 Å². The summed E-state index contributed by atoms with van der Waals surface area (Å²) in [6.07, 6.45) is 0.777. The van der Waals surface area contributed by atoms with Gasteiger partial charge in [-0.1, -0.05) is 22.9 Å². The van der Waals surface area contributed by atoms with Gasteiger partial charge < -0.3 is 5.11 Å². The molecule has 1 amide bonds. The number of halogens is 3. The molecule has 1 saturated heterocycles. The molecular weight excluding hydrogens is 403 g/mol. The highest BCUT2D eigenvalue weighted by Crippen LogP contribution is 2.43. The number of carbonyl (C=O) groups excluding carboxylic acids is 1. The van der Waals surface area contributed by atoms with E-state index in [0.29, 0.717) is 11.3 Å². The van der Waals surface area contributed by atoms with Gasteiger partial charge in [-0.2, -0.15) is 0 Å². The first-order valence-electron chi connectivity index (χ1n) is 6.10. The van der Waals surface area contributed by atoms with Crippen LogP contribution in [0.25, 0.3) is 0 Å². The van der Waals surface area contributed by atoms with E-state index in [-0.39, 0.29) is 29.4 Å². The summed E-state index contributed by atoms with van der Waals surface area (Å²) in [5, 5.41) is 9.10. The molecule has 3 atom stereocenters. The van der Waals surface area contributed by atoms with Crippen molar-refractivity contribution in [2.24, 2.45) is 4.99 Å². The molecule has 0 aromatic heterocycles. The number of hydrogen-bond donors (Lipinski definition) is 1. The summed E-state index contributed by atoms with van der Waals surface area (Å²) >= 11 is 10.6. The smallest absolute Gasteiger partial charge is 0.352 e. The third-order valence-electron chi connectivity index (χ3n) is 3.31. The molecule has 0 radical (unpaired) electrons. The summed E-state index contributed by atoms with van der Waals surface area (Å²) in [5.74, 6) is -0.916. The van der Waals surface area contributed by atoms with Crippen molar-refractivity contribution < 1.29 is 14.7 Å². The summed E-state index contributed by atoms with van der Waals surface area (Å²) < 4.78 is -0.588. The predicted molar refractivity (Wildman–Crippen MR) is 90.8 cm³/mol. The summed E-state index contributed by atoms with van der Waals surface area (Å²) in [6.45, 7) is 3.84. The Balaban J connectivity index is 0.00000220. The van der Waals surface area contributed by atoms with Gasteiger partial charge in [-0.25, -0.2) is 4.79 Å². The van der Waals surface area contributed by atoms with Crippen LogP contribution in [0.5, 0.6) is 0 Å². The number of aliphatic imine (C=N–C) groups is 1. The molecule has 0 aromatic carbocycles. The van der Waals surface area contributed by atoms with Gasteiger partial charge in [0.15, 0.2) is 6.04 Å². The second kappa shape index (κ2) is 7.35. The minimum absolute atomic E-state index is 0. The lowest BCUT2D eigenvalue weighted by atomic mass is 10.0. The highest BCUT2D eigenvalue weighted by Gasteiger charge is 2.54. The number of amides is 1. The third kappa shape index (κ3) is 3.41. The fourth-order valence-corrected chi connectivity index (χ4v) is 4.34. The van der Waals surface area contributed by atoms with E-state index >= 15 is 0 Å². The molecule has 5 nitrogen and oxygen atoms in total. The van der Waals surface area contributed by atoms with Crippen LogP contribution in [0.15, 0.2) is 16.3 Å². The number of nitrogens with zero attached hydrogens (tertiary/aromatic N) is 2. The van der Waals surface area contributed by atoms with Crippen molar-refractivity contribution >= 4 is 69.3 Å². The van der Waals surface area contributed by atoms with Crippen LogP contribution in [0.1, 0.15) is 20.3 Å². The number of carbonyl (C=O) groups is 2. The first-order valence-corrected chi connectivity index (χ1v) is 8.51. The van der Waals surface area contributed by atoms with E-state index in [1.807, 2.05) is 13.8 Å². The maximum atomic E-state index is 12.2. The van der Waals surface area contributed by atoms with Crippen molar-refractivity contribution in [1.29, 1.82) is 0 Å². The number of β-lactam (4-membered cyclic amide) rings is 1. The Hall–Kier alpha value is -0.240. The lowest BCUT2D eigenvalue weighted by molar-refractivity contribution is -0.147. The summed E-state index contributed by atoms with van der Waals surface area (Å²) in [4.78, 5) is 29.3. The van der Waals surface area contributed by atoms with Gasteiger partial charge in [0, 0.05) is 11.5 Å². The van der Waals surface area contributed by atoms with Gasteiger partial charge in [0.05, 0.1) is 0 Å². The molecule has 0 spiro atoms. The van der Waals surface area contributed by atoms with Gasteiger partial charge in [0.2, 0.25) is 0 Å². The zero-order valence-electron chi connectivity index (χ0n) is 11.4. The van der Waals surface area contributed by atoms with Crippen LogP contribution in [-0.4, -0.2) is 49.0 Å². The zero-order valence-corrected chi connectivity index (χ0v) is 15.4. The average Bonchev–Trinajstić information content (AvgIpc) is 2.42. The monoisotopic (exact) mass is 416 g/mol. The average molecular weight is 418 g/mol. The van der Waals surface area contributed by atoms with E-state index in [4.69, 9.17) is 11.6 Å². The summed E-state index contributed by atoms with van der Waals surface area (Å²) in [6, 6.07) is -0.472. The molecule has 0 saturated carbocycles. The van der Waals surface area contributed by atoms with Crippen LogP contribution >= 0.6 is 51.7 Å². The standard InChI is InChI=1S/C12H14BrClN2O3S.ClH/c1-3-5(2)15-7-10(17)16-8(12(18)19)6(9(13)14)4-20-11(7)16;/h7,9,11H,3-4H2,1-2H3,(H,18,19);1H/t7-,9?,11+;/m1./s1. The first kappa shape index (κ1) is 18.8. The van der Waals surface area contributed by atoms with Gasteiger partial charge in [-0.15, -0.1) is 35.8 Å². The lowest BCUT2D eigenvalue weighted by Crippen LogP contribution is -2.64. The Morgan fingerprint density at radius 3 is 2.76 bits per heavy atom. The van der Waals surface area contributed by atoms with Crippen molar-refractivity contribution in [2.75, 3.05) is 5.75 Å². The molecule has 0 bridgehead atoms. The van der Waals surface area contributed by atoms with Crippen LogP contribution < -0.4 is 0 Å². The minimum Gasteiger partial charge on any atom is -0.477 e. The van der Waals surface area contributed by atoms with Crippen molar-refractivity contribution in [1.82, 2.24) is 4.90 Å². The number of carboxylic acids is 1. The Kier molecular flexibility index (Phi) is 6.58. The summed E-state index contributed by atoms with van der Waals surface area (Å²) in [7, 11) is 0. The van der Waals surface area contributed by atoms with Crippen molar-refractivity contribution in [3.63, 3.8) is 0 Å². The molecule has 0 aliphatic carbocycles. The molecule has 1 N–H and O–H groups in total. The Morgan fingerprint density at radius 2 is 2.29 bits per heavy atom. The first-order chi connectivity index (χ1) is 9.38. The van der Waals surface area contributed by atoms with E-state index in [0.717, 1.165) is 12.1 Å². The predicted octanol–water partition coefficient (Wildman–Crippen LogP) is 2.86. The minimum atomic E-state index is -1.13. The molecule has 0 aromatic rings. The van der Waals surface area contributed by atoms with E-state index in [1.54, 1.807) is 0 Å². The van der Waals surface area contributed by atoms with Crippen LogP contribution in [0.4, 0.5) is 0 Å². The maximum absolute atomic E-state index is 12.2. The fraction of sp³-hybridized carbons (Fsp3) is 0.583. The molecule has 1 unspecified atom stereocenters. The van der Waals surface area contributed by atoms with Gasteiger partial charge in [-0.05, 0) is 18.9 Å². The van der Waals surface area contributed by atoms with Gasteiger partial charge in [0.1, 0.15) is 15.4 Å². The van der Waals surface area contributed by atoms with Crippen molar-refractivity contribution in [3.8, 4) is 0 Å². The second-order valence-electron chi connectivity index (χ2n) is 4.55. The second-order valence-corrected chi connectivity index (χ2v) is 7.54. The third-order valence-corrected chi connectivity index (χ3v) is 5.41. The fourth-order valence-electron chi connectivity index (χ4n) is 2.10. The SMILES string of the molecule is CCC(C)=N[C@@H]1C(=O)N2C(C(=O)O)=C(C(Cl)Br)CS[C@@H]12.Cl. The van der Waals surface area contributed by atoms with Crippen molar-refractivity contribution in [2.45, 2.75) is 36.0 Å². The van der Waals surface area contributed by atoms with Crippen LogP contribution in [0.3, 0.4) is 0 Å². The van der Waals surface area contributed by atoms with Gasteiger partial charge in [-0.3, -0.25) is 14.7 Å². The van der Waals surface area contributed by atoms with E-state index in [2.05, 4.69) is 20.9 Å². The molecule has 118 valence electrons. The molecule has 2 aliphatic heterocycles. The van der Waals surface area contributed by atoms with Gasteiger partial charge in [0.25, 0.3) is 5.91 Å². The number of carboxylic acid groups (broad SMARTS) is 1. The molecule has 2 rings (SSSR count). The topological polar surface area (TPSA) is 70.0 Å².